The third-order valence-corrected chi connectivity index (χ3v) is 4.49. The first-order valence-corrected chi connectivity index (χ1v) is 8.87. The zero-order chi connectivity index (χ0) is 19.6. The lowest BCUT2D eigenvalue weighted by Crippen LogP contribution is -2.43. The van der Waals surface area contributed by atoms with Crippen molar-refractivity contribution in [1.82, 2.24) is 5.32 Å². The molecule has 0 unspecified atom stereocenters. The van der Waals surface area contributed by atoms with E-state index in [0.29, 0.717) is 11.3 Å². The monoisotopic (exact) mass is 364 g/mol. The highest BCUT2D eigenvalue weighted by Crippen LogP contribution is 2.32. The summed E-state index contributed by atoms with van der Waals surface area (Å²) in [4.78, 5) is 24.4. The Bertz CT molecular complexity index is 929. The fourth-order valence-electron chi connectivity index (χ4n) is 3.36. The van der Waals surface area contributed by atoms with Crippen molar-refractivity contribution in [3.8, 4) is 5.75 Å². The molecular formula is C22H24N2O3. The number of methoxy groups -OCH3 is 1. The van der Waals surface area contributed by atoms with E-state index >= 15 is 0 Å². The van der Waals surface area contributed by atoms with Crippen molar-refractivity contribution < 1.29 is 14.3 Å². The maximum Gasteiger partial charge on any atom is 0.221 e. The summed E-state index contributed by atoms with van der Waals surface area (Å²) in [5.41, 5.74) is 3.66. The Morgan fingerprint density at radius 3 is 2.63 bits per heavy atom. The normalized spacial score (nSPS) is 16.2. The van der Waals surface area contributed by atoms with Crippen LogP contribution in [0.3, 0.4) is 0 Å². The van der Waals surface area contributed by atoms with Gasteiger partial charge in [-0.2, -0.15) is 0 Å². The number of rotatable bonds is 4. The van der Waals surface area contributed by atoms with Crippen LogP contribution in [0.5, 0.6) is 5.75 Å². The summed E-state index contributed by atoms with van der Waals surface area (Å²) < 4.78 is 5.35. The second kappa shape index (κ2) is 7.27. The van der Waals surface area contributed by atoms with E-state index in [4.69, 9.17) is 4.74 Å². The summed E-state index contributed by atoms with van der Waals surface area (Å²) in [6, 6.07) is 12.9. The number of amides is 1. The molecule has 0 spiro atoms. The first-order chi connectivity index (χ1) is 12.8. The molecule has 0 aromatic heterocycles. The molecule has 0 saturated carbocycles. The number of nitrogens with one attached hydrogen (secondary N) is 2. The molecule has 1 aliphatic rings. The van der Waals surface area contributed by atoms with Gasteiger partial charge < -0.3 is 15.4 Å². The van der Waals surface area contributed by atoms with Crippen LogP contribution in [0, 0.1) is 0 Å². The molecule has 140 valence electrons. The molecule has 2 N–H and O–H groups in total. The van der Waals surface area contributed by atoms with E-state index in [1.54, 1.807) is 37.5 Å². The standard InChI is InChI=1S/C22H24N2O3/c1-14(25)23-19-8-6-5-7-17(19)21(26)12-20-18-11-16(27-4)10-9-15(18)13-22(2,3)24-20/h5-12,24H,13H2,1-4H3,(H,23,25)/b20-12-. The number of anilines is 1. The van der Waals surface area contributed by atoms with Gasteiger partial charge in [0, 0.05) is 35.4 Å². The van der Waals surface area contributed by atoms with E-state index in [2.05, 4.69) is 24.5 Å². The van der Waals surface area contributed by atoms with Crippen LogP contribution >= 0.6 is 0 Å². The highest BCUT2D eigenvalue weighted by atomic mass is 16.5. The minimum absolute atomic E-state index is 0.173. The lowest BCUT2D eigenvalue weighted by atomic mass is 9.85. The molecule has 3 rings (SSSR count). The number of benzene rings is 2. The fourth-order valence-corrected chi connectivity index (χ4v) is 3.36. The van der Waals surface area contributed by atoms with Gasteiger partial charge in [-0.3, -0.25) is 9.59 Å². The Balaban J connectivity index is 2.04. The molecule has 2 aromatic carbocycles. The van der Waals surface area contributed by atoms with Gasteiger partial charge in [-0.15, -0.1) is 0 Å². The minimum Gasteiger partial charge on any atom is -0.497 e. The van der Waals surface area contributed by atoms with Gasteiger partial charge in [-0.1, -0.05) is 18.2 Å². The zero-order valence-electron chi connectivity index (χ0n) is 16.1. The van der Waals surface area contributed by atoms with Gasteiger partial charge in [0.2, 0.25) is 5.91 Å². The molecule has 2 aromatic rings. The Labute approximate surface area is 159 Å². The summed E-state index contributed by atoms with van der Waals surface area (Å²) in [5, 5.41) is 6.17. The average Bonchev–Trinajstić information content (AvgIpc) is 2.60. The van der Waals surface area contributed by atoms with Crippen LogP contribution in [0.4, 0.5) is 5.69 Å². The second-order valence-electron chi connectivity index (χ2n) is 7.36. The second-order valence-corrected chi connectivity index (χ2v) is 7.36. The smallest absolute Gasteiger partial charge is 0.221 e. The molecule has 5 heteroatoms. The Morgan fingerprint density at radius 2 is 1.93 bits per heavy atom. The third kappa shape index (κ3) is 4.19. The van der Waals surface area contributed by atoms with Crippen molar-refractivity contribution in [3.05, 3.63) is 65.2 Å². The van der Waals surface area contributed by atoms with Crippen LogP contribution in [0.2, 0.25) is 0 Å². The number of carbonyl (C=O) groups excluding carboxylic acids is 2. The Morgan fingerprint density at radius 1 is 1.19 bits per heavy atom. The van der Waals surface area contributed by atoms with E-state index in [1.807, 2.05) is 18.2 Å². The van der Waals surface area contributed by atoms with Gasteiger partial charge in [0.15, 0.2) is 5.78 Å². The summed E-state index contributed by atoms with van der Waals surface area (Å²) in [7, 11) is 1.63. The number of allylic oxidation sites excluding steroid dienone is 1. The van der Waals surface area contributed by atoms with Crippen molar-refractivity contribution >= 4 is 23.1 Å². The Kier molecular flexibility index (Phi) is 5.04. The van der Waals surface area contributed by atoms with Crippen molar-refractivity contribution in [3.63, 3.8) is 0 Å². The van der Waals surface area contributed by atoms with Gasteiger partial charge >= 0.3 is 0 Å². The molecule has 0 saturated heterocycles. The average molecular weight is 364 g/mol. The third-order valence-electron chi connectivity index (χ3n) is 4.49. The maximum atomic E-state index is 13.0. The van der Waals surface area contributed by atoms with Crippen LogP contribution < -0.4 is 15.4 Å². The van der Waals surface area contributed by atoms with Gasteiger partial charge in [0.25, 0.3) is 0 Å². The predicted molar refractivity (Wildman–Crippen MR) is 107 cm³/mol. The first-order valence-electron chi connectivity index (χ1n) is 8.87. The largest absolute Gasteiger partial charge is 0.497 e. The summed E-state index contributed by atoms with van der Waals surface area (Å²) in [5.74, 6) is 0.357. The minimum atomic E-state index is -0.213. The number of para-hydroxylation sites is 1. The molecule has 0 fully saturated rings. The molecule has 1 amide bonds. The van der Waals surface area contributed by atoms with Crippen LogP contribution in [-0.2, 0) is 11.2 Å². The molecular weight excluding hydrogens is 340 g/mol. The van der Waals surface area contributed by atoms with E-state index in [-0.39, 0.29) is 17.2 Å². The van der Waals surface area contributed by atoms with Crippen LogP contribution in [0.15, 0.2) is 48.5 Å². The number of hydrogen-bond acceptors (Lipinski definition) is 4. The Hall–Kier alpha value is -3.08. The number of ketones is 1. The molecule has 0 bridgehead atoms. The molecule has 0 atom stereocenters. The van der Waals surface area contributed by atoms with Crippen molar-refractivity contribution in [2.75, 3.05) is 12.4 Å². The molecule has 1 heterocycles. The number of carbonyl (C=O) groups is 2. The van der Waals surface area contributed by atoms with Crippen molar-refractivity contribution in [1.29, 1.82) is 0 Å². The number of hydrogen-bond donors (Lipinski definition) is 2. The number of fused-ring (bicyclic) bond motifs is 1. The van der Waals surface area contributed by atoms with Crippen LogP contribution in [0.1, 0.15) is 42.3 Å². The van der Waals surface area contributed by atoms with E-state index in [9.17, 15) is 9.59 Å². The van der Waals surface area contributed by atoms with Gasteiger partial charge in [-0.25, -0.2) is 0 Å². The predicted octanol–water partition coefficient (Wildman–Crippen LogP) is 3.80. The van der Waals surface area contributed by atoms with E-state index in [0.717, 1.165) is 29.0 Å². The lowest BCUT2D eigenvalue weighted by molar-refractivity contribution is -0.114. The maximum absolute atomic E-state index is 13.0. The molecule has 0 aliphatic carbocycles. The SMILES string of the molecule is COc1ccc2c(c1)/C(=C/C(=O)c1ccccc1NC(C)=O)NC(C)(C)C2. The lowest BCUT2D eigenvalue weighted by Gasteiger charge is -2.35. The fraction of sp³-hybridized carbons (Fsp3) is 0.273. The summed E-state index contributed by atoms with van der Waals surface area (Å²) >= 11 is 0. The van der Waals surface area contributed by atoms with Gasteiger partial charge in [0.05, 0.1) is 12.8 Å². The topological polar surface area (TPSA) is 67.4 Å². The zero-order valence-corrected chi connectivity index (χ0v) is 16.1. The quantitative estimate of drug-likeness (QED) is 0.640. The summed E-state index contributed by atoms with van der Waals surface area (Å²) in [6.45, 7) is 5.63. The van der Waals surface area contributed by atoms with Crippen LogP contribution in [-0.4, -0.2) is 24.3 Å². The van der Waals surface area contributed by atoms with E-state index < -0.39 is 0 Å². The van der Waals surface area contributed by atoms with Gasteiger partial charge in [-0.05, 0) is 50.1 Å². The number of ether oxygens (including phenoxy) is 1. The van der Waals surface area contributed by atoms with Gasteiger partial charge in [0.1, 0.15) is 5.75 Å². The molecule has 27 heavy (non-hydrogen) atoms. The van der Waals surface area contributed by atoms with Crippen molar-refractivity contribution in [2.45, 2.75) is 32.7 Å². The van der Waals surface area contributed by atoms with Crippen LogP contribution in [0.25, 0.3) is 5.70 Å². The van der Waals surface area contributed by atoms with Crippen molar-refractivity contribution in [2.24, 2.45) is 0 Å². The first kappa shape index (κ1) is 18.7. The highest BCUT2D eigenvalue weighted by molar-refractivity contribution is 6.13. The van der Waals surface area contributed by atoms with E-state index in [1.165, 1.54) is 6.92 Å². The molecule has 0 radical (unpaired) electrons. The molecule has 1 aliphatic heterocycles. The highest BCUT2D eigenvalue weighted by Gasteiger charge is 2.28. The molecule has 5 nitrogen and oxygen atoms in total. The summed E-state index contributed by atoms with van der Waals surface area (Å²) in [6.07, 6.45) is 2.44.